The van der Waals surface area contributed by atoms with Crippen molar-refractivity contribution in [2.24, 2.45) is 0 Å². The van der Waals surface area contributed by atoms with Crippen LogP contribution in [0.1, 0.15) is 11.3 Å². The van der Waals surface area contributed by atoms with Gasteiger partial charge in [-0.25, -0.2) is 4.98 Å². The molecule has 3 aromatic rings. The van der Waals surface area contributed by atoms with Crippen molar-refractivity contribution in [1.29, 1.82) is 0 Å². The van der Waals surface area contributed by atoms with Crippen molar-refractivity contribution in [3.63, 3.8) is 0 Å². The molecule has 1 aromatic heterocycles. The Hall–Kier alpha value is -2.87. The maximum atomic E-state index is 12.7. The molecule has 0 radical (unpaired) electrons. The molecule has 0 unspecified atom stereocenters. The summed E-state index contributed by atoms with van der Waals surface area (Å²) in [6, 6.07) is 13.9. The molecular formula is C18H14F3N3OS. The number of carbonyl (C=O) groups excluding carboxylic acids is 1. The highest BCUT2D eigenvalue weighted by Crippen LogP contribution is 2.31. The fraction of sp³-hybridized carbons (Fsp3) is 0.111. The molecule has 0 bridgehead atoms. The van der Waals surface area contributed by atoms with Gasteiger partial charge in [0.2, 0.25) is 5.91 Å². The van der Waals surface area contributed by atoms with E-state index in [9.17, 15) is 18.0 Å². The Labute approximate surface area is 151 Å². The van der Waals surface area contributed by atoms with Gasteiger partial charge in [-0.05, 0) is 30.3 Å². The van der Waals surface area contributed by atoms with Crippen molar-refractivity contribution < 1.29 is 18.0 Å². The summed E-state index contributed by atoms with van der Waals surface area (Å²) in [7, 11) is 0. The van der Waals surface area contributed by atoms with Crippen molar-refractivity contribution in [2.75, 3.05) is 10.6 Å². The van der Waals surface area contributed by atoms with E-state index in [1.165, 1.54) is 23.5 Å². The van der Waals surface area contributed by atoms with E-state index in [2.05, 4.69) is 15.6 Å². The first kappa shape index (κ1) is 17.9. The molecule has 2 aromatic carbocycles. The largest absolute Gasteiger partial charge is 0.416 e. The van der Waals surface area contributed by atoms with Crippen LogP contribution < -0.4 is 10.6 Å². The van der Waals surface area contributed by atoms with Crippen LogP contribution in [0.3, 0.4) is 0 Å². The Morgan fingerprint density at radius 3 is 2.50 bits per heavy atom. The summed E-state index contributed by atoms with van der Waals surface area (Å²) in [5, 5.41) is 7.71. The molecule has 0 aliphatic carbocycles. The van der Waals surface area contributed by atoms with Crippen LogP contribution in [0.25, 0.3) is 0 Å². The molecule has 3 rings (SSSR count). The topological polar surface area (TPSA) is 54.0 Å². The number of thiazole rings is 1. The number of para-hydroxylation sites is 1. The Morgan fingerprint density at radius 2 is 1.77 bits per heavy atom. The van der Waals surface area contributed by atoms with Crippen LogP contribution in [-0.2, 0) is 17.4 Å². The van der Waals surface area contributed by atoms with E-state index in [-0.39, 0.29) is 18.0 Å². The minimum absolute atomic E-state index is 0.0790. The van der Waals surface area contributed by atoms with Crippen molar-refractivity contribution in [3.8, 4) is 0 Å². The second kappa shape index (κ2) is 7.57. The number of amides is 1. The number of carbonyl (C=O) groups is 1. The summed E-state index contributed by atoms with van der Waals surface area (Å²) >= 11 is 1.22. The highest BCUT2D eigenvalue weighted by Gasteiger charge is 2.30. The zero-order valence-corrected chi connectivity index (χ0v) is 14.2. The average Bonchev–Trinajstić information content (AvgIpc) is 3.02. The predicted molar refractivity (Wildman–Crippen MR) is 95.6 cm³/mol. The number of rotatable bonds is 5. The van der Waals surface area contributed by atoms with E-state index in [1.54, 1.807) is 17.5 Å². The number of alkyl halides is 3. The molecule has 0 saturated carbocycles. The van der Waals surface area contributed by atoms with E-state index in [1.807, 2.05) is 18.2 Å². The molecule has 4 nitrogen and oxygen atoms in total. The smallest absolute Gasteiger partial charge is 0.332 e. The first-order valence-electron chi connectivity index (χ1n) is 7.64. The minimum atomic E-state index is -4.40. The van der Waals surface area contributed by atoms with Crippen LogP contribution in [0.15, 0.2) is 60.0 Å². The molecule has 0 spiro atoms. The Kier molecular flexibility index (Phi) is 5.22. The van der Waals surface area contributed by atoms with E-state index in [0.29, 0.717) is 16.5 Å². The molecular weight excluding hydrogens is 363 g/mol. The Balaban J connectivity index is 1.62. The van der Waals surface area contributed by atoms with Gasteiger partial charge in [-0.3, -0.25) is 4.79 Å². The van der Waals surface area contributed by atoms with Gasteiger partial charge in [-0.2, -0.15) is 13.2 Å². The van der Waals surface area contributed by atoms with Crippen molar-refractivity contribution in [1.82, 2.24) is 4.98 Å². The van der Waals surface area contributed by atoms with E-state index in [0.717, 1.165) is 12.1 Å². The number of halogens is 3. The van der Waals surface area contributed by atoms with Crippen LogP contribution in [0.4, 0.5) is 29.7 Å². The van der Waals surface area contributed by atoms with Crippen LogP contribution >= 0.6 is 11.3 Å². The Morgan fingerprint density at radius 1 is 1.04 bits per heavy atom. The molecule has 8 heteroatoms. The highest BCUT2D eigenvalue weighted by molar-refractivity contribution is 7.13. The molecule has 0 fully saturated rings. The number of hydrogen-bond donors (Lipinski definition) is 2. The number of hydrogen-bond acceptors (Lipinski definition) is 4. The van der Waals surface area contributed by atoms with E-state index in [4.69, 9.17) is 0 Å². The second-order valence-electron chi connectivity index (χ2n) is 5.44. The average molecular weight is 377 g/mol. The summed E-state index contributed by atoms with van der Waals surface area (Å²) < 4.78 is 38.2. The molecule has 0 aliphatic heterocycles. The van der Waals surface area contributed by atoms with E-state index < -0.39 is 11.7 Å². The lowest BCUT2D eigenvalue weighted by Gasteiger charge is -2.09. The maximum absolute atomic E-state index is 12.7. The standard InChI is InChI=1S/C18H14F3N3OS/c19-18(20,21)12-5-4-8-14(9-12)23-17-24-15(11-26-17)10-16(25)22-13-6-2-1-3-7-13/h1-9,11H,10H2,(H,22,25)(H,23,24). The fourth-order valence-electron chi connectivity index (χ4n) is 2.23. The third-order valence-electron chi connectivity index (χ3n) is 3.39. The highest BCUT2D eigenvalue weighted by atomic mass is 32.1. The summed E-state index contributed by atoms with van der Waals surface area (Å²) in [5.74, 6) is -0.216. The van der Waals surface area contributed by atoms with Crippen LogP contribution in [0.2, 0.25) is 0 Å². The predicted octanol–water partition coefficient (Wildman–Crippen LogP) is 5.09. The van der Waals surface area contributed by atoms with Crippen LogP contribution in [-0.4, -0.2) is 10.9 Å². The van der Waals surface area contributed by atoms with Gasteiger partial charge in [0.15, 0.2) is 5.13 Å². The SMILES string of the molecule is O=C(Cc1csc(Nc2cccc(C(F)(F)F)c2)n1)Nc1ccccc1. The zero-order chi connectivity index (χ0) is 18.6. The van der Waals surface area contributed by atoms with Gasteiger partial charge in [0, 0.05) is 16.8 Å². The zero-order valence-electron chi connectivity index (χ0n) is 13.4. The van der Waals surface area contributed by atoms with Gasteiger partial charge < -0.3 is 10.6 Å². The fourth-order valence-corrected chi connectivity index (χ4v) is 2.96. The molecule has 26 heavy (non-hydrogen) atoms. The number of nitrogens with one attached hydrogen (secondary N) is 2. The third kappa shape index (κ3) is 4.82. The van der Waals surface area contributed by atoms with Crippen molar-refractivity contribution >= 4 is 33.8 Å². The normalized spacial score (nSPS) is 11.2. The van der Waals surface area contributed by atoms with Crippen molar-refractivity contribution in [2.45, 2.75) is 12.6 Å². The van der Waals surface area contributed by atoms with Gasteiger partial charge >= 0.3 is 6.18 Å². The molecule has 1 heterocycles. The van der Waals surface area contributed by atoms with Crippen LogP contribution in [0, 0.1) is 0 Å². The Bertz CT molecular complexity index is 894. The summed E-state index contributed by atoms with van der Waals surface area (Å²) in [5.41, 5.74) is 0.781. The molecule has 0 aliphatic rings. The number of anilines is 3. The molecule has 0 saturated heterocycles. The van der Waals surface area contributed by atoms with E-state index >= 15 is 0 Å². The first-order chi connectivity index (χ1) is 12.4. The quantitative estimate of drug-likeness (QED) is 0.651. The molecule has 1 amide bonds. The second-order valence-corrected chi connectivity index (χ2v) is 6.30. The lowest BCUT2D eigenvalue weighted by Crippen LogP contribution is -2.14. The lowest BCUT2D eigenvalue weighted by atomic mass is 10.2. The summed E-state index contributed by atoms with van der Waals surface area (Å²) in [6.07, 6.45) is -4.32. The van der Waals surface area contributed by atoms with Gasteiger partial charge in [-0.1, -0.05) is 24.3 Å². The minimum Gasteiger partial charge on any atom is -0.332 e. The summed E-state index contributed by atoms with van der Waals surface area (Å²) in [4.78, 5) is 16.3. The third-order valence-corrected chi connectivity index (χ3v) is 4.20. The molecule has 134 valence electrons. The number of benzene rings is 2. The van der Waals surface area contributed by atoms with Crippen LogP contribution in [0.5, 0.6) is 0 Å². The lowest BCUT2D eigenvalue weighted by molar-refractivity contribution is -0.137. The summed E-state index contributed by atoms with van der Waals surface area (Å²) in [6.45, 7) is 0. The molecule has 0 atom stereocenters. The number of nitrogens with zero attached hydrogens (tertiary/aromatic N) is 1. The first-order valence-corrected chi connectivity index (χ1v) is 8.52. The van der Waals surface area contributed by atoms with Gasteiger partial charge in [0.05, 0.1) is 17.7 Å². The maximum Gasteiger partial charge on any atom is 0.416 e. The van der Waals surface area contributed by atoms with Gasteiger partial charge in [-0.15, -0.1) is 11.3 Å². The van der Waals surface area contributed by atoms with Gasteiger partial charge in [0.1, 0.15) is 0 Å². The van der Waals surface area contributed by atoms with Crippen molar-refractivity contribution in [3.05, 3.63) is 71.2 Å². The number of aromatic nitrogens is 1. The van der Waals surface area contributed by atoms with Gasteiger partial charge in [0.25, 0.3) is 0 Å². The molecule has 2 N–H and O–H groups in total. The monoisotopic (exact) mass is 377 g/mol.